The zero-order valence-corrected chi connectivity index (χ0v) is 15.9. The summed E-state index contributed by atoms with van der Waals surface area (Å²) in [6, 6.07) is 2.26. The minimum absolute atomic E-state index is 0.146. The van der Waals surface area contributed by atoms with Gasteiger partial charge in [0.05, 0.1) is 24.1 Å². The fourth-order valence-electron chi connectivity index (χ4n) is 4.30. The Hall–Kier alpha value is -1.35. The van der Waals surface area contributed by atoms with E-state index in [-0.39, 0.29) is 11.5 Å². The molecule has 0 aliphatic heterocycles. The van der Waals surface area contributed by atoms with E-state index in [0.717, 1.165) is 12.5 Å². The van der Waals surface area contributed by atoms with Gasteiger partial charge in [-0.05, 0) is 48.6 Å². The molecule has 0 radical (unpaired) electrons. The Balaban J connectivity index is 2.13. The summed E-state index contributed by atoms with van der Waals surface area (Å²) in [5.41, 5.74) is 4.18. The second kappa shape index (κ2) is 6.87. The molecule has 0 amide bonds. The highest BCUT2D eigenvalue weighted by Gasteiger charge is 2.40. The van der Waals surface area contributed by atoms with Gasteiger partial charge in [0.2, 0.25) is 0 Å². The topological polar surface area (TPSA) is 26.5 Å². The number of pyridine rings is 1. The monoisotopic (exact) mass is 328 g/mol. The standard InChI is InChI=1S/C21H32N2O/c1-6-24-20(21(5)10-7-16(4)8-11-21)19-17(15(2)3)9-12-23-14-22-13-18(19)23/h9,12-16,20H,6-8,10-11H2,1-5H3/t16-,20-,21+/m0/s1. The third-order valence-corrected chi connectivity index (χ3v) is 5.93. The SMILES string of the molecule is CCO[C@@H](c1c(C(C)C)ccn2cncc12)[C@]1(C)CC[C@H](C)CC1. The highest BCUT2D eigenvalue weighted by Crippen LogP contribution is 2.51. The van der Waals surface area contributed by atoms with Crippen LogP contribution in [-0.2, 0) is 4.74 Å². The Bertz CT molecular complexity index is 680. The van der Waals surface area contributed by atoms with Crippen molar-refractivity contribution in [1.29, 1.82) is 0 Å². The van der Waals surface area contributed by atoms with Crippen molar-refractivity contribution in [2.24, 2.45) is 11.3 Å². The average Bonchev–Trinajstić information content (AvgIpc) is 3.03. The van der Waals surface area contributed by atoms with Crippen LogP contribution >= 0.6 is 0 Å². The van der Waals surface area contributed by atoms with Crippen LogP contribution in [0.3, 0.4) is 0 Å². The van der Waals surface area contributed by atoms with E-state index in [1.54, 1.807) is 0 Å². The molecule has 2 aromatic heterocycles. The third-order valence-electron chi connectivity index (χ3n) is 5.93. The summed E-state index contributed by atoms with van der Waals surface area (Å²) in [6.07, 6.45) is 11.3. The molecule has 132 valence electrons. The Morgan fingerprint density at radius 2 is 2.04 bits per heavy atom. The molecule has 1 aliphatic carbocycles. The number of imidazole rings is 1. The van der Waals surface area contributed by atoms with Gasteiger partial charge in [-0.3, -0.25) is 0 Å². The summed E-state index contributed by atoms with van der Waals surface area (Å²) in [6.45, 7) is 12.2. The summed E-state index contributed by atoms with van der Waals surface area (Å²) >= 11 is 0. The Kier molecular flexibility index (Phi) is 5.00. The van der Waals surface area contributed by atoms with Crippen LogP contribution in [0.5, 0.6) is 0 Å². The van der Waals surface area contributed by atoms with Crippen molar-refractivity contribution in [3.63, 3.8) is 0 Å². The normalized spacial score (nSPS) is 26.2. The molecule has 0 aromatic carbocycles. The molecule has 0 bridgehead atoms. The molecule has 2 heterocycles. The van der Waals surface area contributed by atoms with Crippen molar-refractivity contribution in [3.8, 4) is 0 Å². The van der Waals surface area contributed by atoms with E-state index < -0.39 is 0 Å². The van der Waals surface area contributed by atoms with Crippen LogP contribution in [0.4, 0.5) is 0 Å². The maximum atomic E-state index is 6.43. The molecule has 3 rings (SSSR count). The quantitative estimate of drug-likeness (QED) is 0.698. The van der Waals surface area contributed by atoms with Gasteiger partial charge in [-0.2, -0.15) is 0 Å². The second-order valence-corrected chi connectivity index (χ2v) is 8.20. The number of ether oxygens (including phenoxy) is 1. The highest BCUT2D eigenvalue weighted by atomic mass is 16.5. The smallest absolute Gasteiger partial charge is 0.0992 e. The van der Waals surface area contributed by atoms with Crippen molar-refractivity contribution in [2.75, 3.05) is 6.61 Å². The summed E-state index contributed by atoms with van der Waals surface area (Å²) < 4.78 is 8.57. The number of aromatic nitrogens is 2. The van der Waals surface area contributed by atoms with E-state index in [4.69, 9.17) is 4.74 Å². The summed E-state index contributed by atoms with van der Waals surface area (Å²) in [4.78, 5) is 4.39. The van der Waals surface area contributed by atoms with E-state index in [1.807, 2.05) is 12.5 Å². The van der Waals surface area contributed by atoms with Crippen LogP contribution in [0.15, 0.2) is 24.8 Å². The summed E-state index contributed by atoms with van der Waals surface area (Å²) in [5, 5.41) is 0. The number of nitrogens with zero attached hydrogens (tertiary/aromatic N) is 2. The van der Waals surface area contributed by atoms with Gasteiger partial charge in [-0.1, -0.05) is 40.5 Å². The Morgan fingerprint density at radius 3 is 2.67 bits per heavy atom. The molecule has 0 spiro atoms. The highest BCUT2D eigenvalue weighted by molar-refractivity contribution is 5.59. The van der Waals surface area contributed by atoms with Crippen molar-refractivity contribution in [1.82, 2.24) is 9.38 Å². The molecule has 0 saturated heterocycles. The Morgan fingerprint density at radius 1 is 1.33 bits per heavy atom. The van der Waals surface area contributed by atoms with Gasteiger partial charge >= 0.3 is 0 Å². The fourth-order valence-corrected chi connectivity index (χ4v) is 4.30. The van der Waals surface area contributed by atoms with E-state index in [2.05, 4.69) is 56.3 Å². The molecule has 0 N–H and O–H groups in total. The molecule has 24 heavy (non-hydrogen) atoms. The van der Waals surface area contributed by atoms with Gasteiger partial charge in [-0.15, -0.1) is 0 Å². The predicted octanol–water partition coefficient (Wildman–Crippen LogP) is 5.75. The lowest BCUT2D eigenvalue weighted by atomic mass is 9.66. The van der Waals surface area contributed by atoms with E-state index in [0.29, 0.717) is 5.92 Å². The van der Waals surface area contributed by atoms with Crippen LogP contribution in [0.2, 0.25) is 0 Å². The summed E-state index contributed by atoms with van der Waals surface area (Å²) in [7, 11) is 0. The van der Waals surface area contributed by atoms with E-state index in [1.165, 1.54) is 42.3 Å². The lowest BCUT2D eigenvalue weighted by Crippen LogP contribution is -2.33. The maximum Gasteiger partial charge on any atom is 0.0992 e. The first-order chi connectivity index (χ1) is 11.5. The second-order valence-electron chi connectivity index (χ2n) is 8.20. The van der Waals surface area contributed by atoms with Gasteiger partial charge in [-0.25, -0.2) is 4.98 Å². The molecular formula is C21H32N2O. The van der Waals surface area contributed by atoms with Crippen molar-refractivity contribution in [2.45, 2.75) is 72.3 Å². The van der Waals surface area contributed by atoms with Crippen LogP contribution < -0.4 is 0 Å². The number of hydrogen-bond acceptors (Lipinski definition) is 2. The molecule has 1 aliphatic rings. The molecule has 1 saturated carbocycles. The van der Waals surface area contributed by atoms with Crippen molar-refractivity contribution in [3.05, 3.63) is 35.9 Å². The first-order valence-electron chi connectivity index (χ1n) is 9.52. The zero-order chi connectivity index (χ0) is 17.3. The van der Waals surface area contributed by atoms with Gasteiger partial charge in [0, 0.05) is 18.4 Å². The minimum atomic E-state index is 0.146. The number of rotatable bonds is 5. The van der Waals surface area contributed by atoms with Gasteiger partial charge in [0.1, 0.15) is 0 Å². The van der Waals surface area contributed by atoms with E-state index >= 15 is 0 Å². The van der Waals surface area contributed by atoms with Gasteiger partial charge in [0.25, 0.3) is 0 Å². The summed E-state index contributed by atoms with van der Waals surface area (Å²) in [5.74, 6) is 1.32. The lowest BCUT2D eigenvalue weighted by molar-refractivity contribution is -0.0535. The van der Waals surface area contributed by atoms with Crippen LogP contribution in [0, 0.1) is 11.3 Å². The largest absolute Gasteiger partial charge is 0.373 e. The maximum absolute atomic E-state index is 6.43. The molecule has 1 atom stereocenters. The van der Waals surface area contributed by atoms with Crippen LogP contribution in [0.25, 0.3) is 5.52 Å². The fraction of sp³-hybridized carbons (Fsp3) is 0.667. The molecular weight excluding hydrogens is 296 g/mol. The molecule has 3 nitrogen and oxygen atoms in total. The third kappa shape index (κ3) is 3.11. The van der Waals surface area contributed by atoms with Gasteiger partial charge in [0.15, 0.2) is 0 Å². The lowest BCUT2D eigenvalue weighted by Gasteiger charge is -2.43. The Labute approximate surface area is 146 Å². The predicted molar refractivity (Wildman–Crippen MR) is 99.4 cm³/mol. The van der Waals surface area contributed by atoms with Crippen molar-refractivity contribution < 1.29 is 4.74 Å². The van der Waals surface area contributed by atoms with Crippen LogP contribution in [0.1, 0.15) is 83.5 Å². The minimum Gasteiger partial charge on any atom is -0.373 e. The van der Waals surface area contributed by atoms with Gasteiger partial charge < -0.3 is 9.14 Å². The molecule has 1 fully saturated rings. The molecule has 0 unspecified atom stereocenters. The zero-order valence-electron chi connectivity index (χ0n) is 15.9. The number of fused-ring (bicyclic) bond motifs is 1. The first kappa shape index (κ1) is 17.5. The number of hydrogen-bond donors (Lipinski definition) is 0. The average molecular weight is 329 g/mol. The first-order valence-corrected chi connectivity index (χ1v) is 9.52. The van der Waals surface area contributed by atoms with Crippen molar-refractivity contribution >= 4 is 5.52 Å². The molecule has 2 aromatic rings. The molecule has 3 heteroatoms. The van der Waals surface area contributed by atoms with Crippen LogP contribution in [-0.4, -0.2) is 16.0 Å². The van der Waals surface area contributed by atoms with E-state index in [9.17, 15) is 0 Å².